The van der Waals surface area contributed by atoms with E-state index in [2.05, 4.69) is 72.7 Å². The van der Waals surface area contributed by atoms with Crippen molar-refractivity contribution in [2.45, 2.75) is 73.8 Å². The molecule has 1 unspecified atom stereocenters. The minimum absolute atomic E-state index is 0.206. The fourth-order valence-corrected chi connectivity index (χ4v) is 2.82. The number of hydrogen-bond donors (Lipinski definition) is 1. The van der Waals surface area contributed by atoms with Gasteiger partial charge >= 0.3 is 0 Å². The number of nitrogens with one attached hydrogen (secondary N) is 1. The lowest BCUT2D eigenvalue weighted by molar-refractivity contribution is 0.131. The van der Waals surface area contributed by atoms with Gasteiger partial charge in [-0.2, -0.15) is 0 Å². The highest BCUT2D eigenvalue weighted by Crippen LogP contribution is 2.26. The Hall–Kier alpha value is -0.0800. The molecule has 0 aromatic carbocycles. The van der Waals surface area contributed by atoms with E-state index < -0.39 is 0 Å². The summed E-state index contributed by atoms with van der Waals surface area (Å²) >= 11 is 0. The first-order valence-corrected chi connectivity index (χ1v) is 7.80. The number of hydrogen-bond acceptors (Lipinski definition) is 2. The van der Waals surface area contributed by atoms with Crippen molar-refractivity contribution in [1.29, 1.82) is 0 Å². The smallest absolute Gasteiger partial charge is 0.00967 e. The van der Waals surface area contributed by atoms with Crippen molar-refractivity contribution in [3.05, 3.63) is 0 Å². The number of nitrogens with zero attached hydrogens (tertiary/aromatic N) is 1. The van der Waals surface area contributed by atoms with Gasteiger partial charge in [-0.25, -0.2) is 0 Å². The minimum Gasteiger partial charge on any atom is -0.311 e. The molecule has 0 radical (unpaired) electrons. The van der Waals surface area contributed by atoms with Gasteiger partial charge in [0.2, 0.25) is 0 Å². The Morgan fingerprint density at radius 2 is 1.42 bits per heavy atom. The van der Waals surface area contributed by atoms with Gasteiger partial charge in [0.25, 0.3) is 0 Å². The first-order chi connectivity index (χ1) is 8.37. The lowest BCUT2D eigenvalue weighted by Crippen LogP contribution is -2.47. The standard InChI is InChI=1S/C17H38N2/c1-10-11-17(8,12-18-16(5,6)7)14-19(9)13-15(2,3)4/h18H,10-14H2,1-9H3. The van der Waals surface area contributed by atoms with E-state index in [0.717, 1.165) is 13.1 Å². The summed E-state index contributed by atoms with van der Waals surface area (Å²) in [5, 5.41) is 3.69. The van der Waals surface area contributed by atoms with Crippen molar-refractivity contribution in [2.75, 3.05) is 26.7 Å². The van der Waals surface area contributed by atoms with Crippen LogP contribution in [0.2, 0.25) is 0 Å². The summed E-state index contributed by atoms with van der Waals surface area (Å²) in [5.41, 5.74) is 0.943. The first kappa shape index (κ1) is 18.9. The third-order valence-corrected chi connectivity index (χ3v) is 3.29. The molecule has 0 aliphatic carbocycles. The van der Waals surface area contributed by atoms with Crippen LogP contribution in [0.15, 0.2) is 0 Å². The summed E-state index contributed by atoms with van der Waals surface area (Å²) in [6.07, 6.45) is 2.54. The molecule has 19 heavy (non-hydrogen) atoms. The molecular weight excluding hydrogens is 232 g/mol. The second kappa shape index (κ2) is 7.08. The molecule has 0 rings (SSSR count). The highest BCUT2D eigenvalue weighted by molar-refractivity contribution is 4.84. The van der Waals surface area contributed by atoms with Gasteiger partial charge in [0.1, 0.15) is 0 Å². The third kappa shape index (κ3) is 10.4. The van der Waals surface area contributed by atoms with Crippen molar-refractivity contribution in [3.63, 3.8) is 0 Å². The van der Waals surface area contributed by atoms with E-state index in [9.17, 15) is 0 Å². The Kier molecular flexibility index (Phi) is 7.05. The topological polar surface area (TPSA) is 15.3 Å². The van der Waals surface area contributed by atoms with Crippen LogP contribution in [0.3, 0.4) is 0 Å². The van der Waals surface area contributed by atoms with Crippen LogP contribution in [0.4, 0.5) is 0 Å². The zero-order valence-corrected chi connectivity index (χ0v) is 15.0. The van der Waals surface area contributed by atoms with Gasteiger partial charge in [0.05, 0.1) is 0 Å². The summed E-state index contributed by atoms with van der Waals surface area (Å²) < 4.78 is 0. The van der Waals surface area contributed by atoms with Crippen molar-refractivity contribution < 1.29 is 0 Å². The zero-order valence-electron chi connectivity index (χ0n) is 15.0. The highest BCUT2D eigenvalue weighted by atomic mass is 15.1. The normalized spacial score (nSPS) is 16.7. The molecule has 2 nitrogen and oxygen atoms in total. The van der Waals surface area contributed by atoms with E-state index in [-0.39, 0.29) is 5.54 Å². The predicted octanol–water partition coefficient (Wildman–Crippen LogP) is 4.16. The molecule has 1 N–H and O–H groups in total. The average Bonchev–Trinajstić information content (AvgIpc) is 2.10. The second-order valence-electron chi connectivity index (χ2n) is 8.90. The second-order valence-corrected chi connectivity index (χ2v) is 8.90. The molecule has 0 saturated carbocycles. The molecule has 0 saturated heterocycles. The van der Waals surface area contributed by atoms with Crippen LogP contribution in [0.5, 0.6) is 0 Å². The maximum absolute atomic E-state index is 3.69. The van der Waals surface area contributed by atoms with Gasteiger partial charge in [0, 0.05) is 25.2 Å². The monoisotopic (exact) mass is 270 g/mol. The maximum atomic E-state index is 3.69. The van der Waals surface area contributed by atoms with E-state index in [1.807, 2.05) is 0 Å². The van der Waals surface area contributed by atoms with Crippen molar-refractivity contribution in [3.8, 4) is 0 Å². The molecule has 0 bridgehead atoms. The molecule has 0 aliphatic heterocycles. The number of rotatable bonds is 7. The molecule has 1 atom stereocenters. The van der Waals surface area contributed by atoms with Gasteiger partial charge in [0.15, 0.2) is 0 Å². The third-order valence-electron chi connectivity index (χ3n) is 3.29. The Balaban J connectivity index is 4.52. The van der Waals surface area contributed by atoms with Gasteiger partial charge in [-0.1, -0.05) is 41.0 Å². The Labute approximate surface area is 122 Å². The summed E-state index contributed by atoms with van der Waals surface area (Å²) in [7, 11) is 2.26. The van der Waals surface area contributed by atoms with E-state index >= 15 is 0 Å². The van der Waals surface area contributed by atoms with Crippen LogP contribution >= 0.6 is 0 Å². The van der Waals surface area contributed by atoms with E-state index in [1.165, 1.54) is 19.4 Å². The van der Waals surface area contributed by atoms with E-state index in [4.69, 9.17) is 0 Å². The van der Waals surface area contributed by atoms with Gasteiger partial charge in [-0.3, -0.25) is 0 Å². The lowest BCUT2D eigenvalue weighted by atomic mass is 9.83. The Morgan fingerprint density at radius 1 is 0.895 bits per heavy atom. The molecule has 0 heterocycles. The van der Waals surface area contributed by atoms with Crippen molar-refractivity contribution in [2.24, 2.45) is 10.8 Å². The molecule has 0 spiro atoms. The SMILES string of the molecule is CCCC(C)(CNC(C)(C)C)CN(C)CC(C)(C)C. The van der Waals surface area contributed by atoms with Gasteiger partial charge < -0.3 is 10.2 Å². The highest BCUT2D eigenvalue weighted by Gasteiger charge is 2.28. The molecule has 0 aromatic rings. The molecule has 0 aliphatic rings. The van der Waals surface area contributed by atoms with E-state index in [0.29, 0.717) is 10.8 Å². The maximum Gasteiger partial charge on any atom is 0.00967 e. The summed E-state index contributed by atoms with van der Waals surface area (Å²) in [6.45, 7) is 21.8. The van der Waals surface area contributed by atoms with Crippen LogP contribution < -0.4 is 5.32 Å². The van der Waals surface area contributed by atoms with E-state index in [1.54, 1.807) is 0 Å². The molecule has 2 heteroatoms. The molecule has 0 aromatic heterocycles. The minimum atomic E-state index is 0.206. The molecule has 116 valence electrons. The van der Waals surface area contributed by atoms with Crippen molar-refractivity contribution >= 4 is 0 Å². The van der Waals surface area contributed by atoms with Crippen LogP contribution in [-0.4, -0.2) is 37.1 Å². The fourth-order valence-electron chi connectivity index (χ4n) is 2.82. The average molecular weight is 271 g/mol. The summed E-state index contributed by atoms with van der Waals surface area (Å²) in [6, 6.07) is 0. The van der Waals surface area contributed by atoms with Crippen LogP contribution in [0, 0.1) is 10.8 Å². The van der Waals surface area contributed by atoms with Gasteiger partial charge in [-0.15, -0.1) is 0 Å². The quantitative estimate of drug-likeness (QED) is 0.747. The lowest BCUT2D eigenvalue weighted by Gasteiger charge is -2.38. The van der Waals surface area contributed by atoms with Crippen molar-refractivity contribution in [1.82, 2.24) is 10.2 Å². The first-order valence-electron chi connectivity index (χ1n) is 7.80. The van der Waals surface area contributed by atoms with Gasteiger partial charge in [-0.05, 0) is 45.1 Å². The largest absolute Gasteiger partial charge is 0.311 e. The van der Waals surface area contributed by atoms with Crippen LogP contribution in [-0.2, 0) is 0 Å². The summed E-state index contributed by atoms with van der Waals surface area (Å²) in [5.74, 6) is 0. The fraction of sp³-hybridized carbons (Fsp3) is 1.00. The Morgan fingerprint density at radius 3 is 1.79 bits per heavy atom. The predicted molar refractivity (Wildman–Crippen MR) is 87.7 cm³/mol. The van der Waals surface area contributed by atoms with Crippen LogP contribution in [0.25, 0.3) is 0 Å². The summed E-state index contributed by atoms with van der Waals surface area (Å²) in [4.78, 5) is 2.50. The molecule has 0 amide bonds. The Bertz CT molecular complexity index is 247. The van der Waals surface area contributed by atoms with Crippen LogP contribution in [0.1, 0.15) is 68.2 Å². The zero-order chi connectivity index (χ0) is 15.3. The molecule has 0 fully saturated rings. The molecular formula is C17H38N2.